The Labute approximate surface area is 242 Å². The van der Waals surface area contributed by atoms with Crippen molar-refractivity contribution >= 4 is 16.9 Å². The number of nitrogens with zero attached hydrogens (tertiary/aromatic N) is 3. The molecule has 1 fully saturated rings. The van der Waals surface area contributed by atoms with E-state index in [0.29, 0.717) is 42.1 Å². The minimum absolute atomic E-state index is 0.104. The Hall–Kier alpha value is -4.56. The van der Waals surface area contributed by atoms with Crippen molar-refractivity contribution in [2.75, 3.05) is 13.1 Å². The maximum Gasteiger partial charge on any atom is 0.253 e. The highest BCUT2D eigenvalue weighted by Gasteiger charge is 2.28. The van der Waals surface area contributed by atoms with Crippen LogP contribution in [-0.4, -0.2) is 38.6 Å². The number of aliphatic hydroxyl groups is 1. The Morgan fingerprint density at radius 3 is 2.33 bits per heavy atom. The molecule has 1 aliphatic heterocycles. The maximum atomic E-state index is 13.9. The summed E-state index contributed by atoms with van der Waals surface area (Å²) in [6.07, 6.45) is 1.50. The van der Waals surface area contributed by atoms with Gasteiger partial charge in [-0.3, -0.25) is 4.79 Å². The van der Waals surface area contributed by atoms with Gasteiger partial charge in [-0.1, -0.05) is 36.4 Å². The molecule has 0 aliphatic carbocycles. The number of para-hydroxylation sites is 2. The first-order valence-electron chi connectivity index (χ1n) is 14.1. The topological polar surface area (TPSA) is 67.6 Å². The second kappa shape index (κ2) is 12.1. The first kappa shape index (κ1) is 27.6. The number of rotatable bonds is 8. The molecule has 5 aromatic rings. The van der Waals surface area contributed by atoms with Crippen molar-refractivity contribution in [3.63, 3.8) is 0 Å². The number of aliphatic hydroxyl groups excluding tert-OH is 1. The molecule has 214 valence electrons. The standard InChI is InChI=1S/C34H31F2N3O3/c35-28-7-3-5-23(17-28)20-39-31-10-2-1-9-30(31)37-33(39)25-13-15-38(16-14-25)34(41)26-11-12-32(27(19-26)21-40)42-22-24-6-4-8-29(36)18-24/h1-12,17-19,25,40H,13-16,20-22H2. The predicted molar refractivity (Wildman–Crippen MR) is 156 cm³/mol. The van der Waals surface area contributed by atoms with Crippen LogP contribution in [0.1, 0.15) is 51.6 Å². The molecule has 0 unspecified atom stereocenters. The molecule has 1 aliphatic rings. The van der Waals surface area contributed by atoms with Crippen molar-refractivity contribution in [3.8, 4) is 5.75 Å². The van der Waals surface area contributed by atoms with Crippen molar-refractivity contribution < 1.29 is 23.4 Å². The van der Waals surface area contributed by atoms with Gasteiger partial charge in [0, 0.05) is 36.7 Å². The van der Waals surface area contributed by atoms with E-state index in [1.807, 2.05) is 35.2 Å². The molecule has 1 amide bonds. The van der Waals surface area contributed by atoms with Crippen LogP contribution in [0.2, 0.25) is 0 Å². The summed E-state index contributed by atoms with van der Waals surface area (Å²) < 4.78 is 35.4. The van der Waals surface area contributed by atoms with E-state index in [2.05, 4.69) is 4.57 Å². The monoisotopic (exact) mass is 567 g/mol. The summed E-state index contributed by atoms with van der Waals surface area (Å²) in [5.41, 5.74) is 4.43. The van der Waals surface area contributed by atoms with Gasteiger partial charge in [-0.05, 0) is 78.6 Å². The van der Waals surface area contributed by atoms with E-state index in [1.54, 1.807) is 42.5 Å². The van der Waals surface area contributed by atoms with Crippen LogP contribution in [0.15, 0.2) is 91.0 Å². The number of benzene rings is 4. The lowest BCUT2D eigenvalue weighted by molar-refractivity contribution is 0.0710. The number of amides is 1. The smallest absolute Gasteiger partial charge is 0.253 e. The van der Waals surface area contributed by atoms with E-state index in [-0.39, 0.29) is 36.7 Å². The van der Waals surface area contributed by atoms with Gasteiger partial charge in [0.05, 0.1) is 17.6 Å². The highest BCUT2D eigenvalue weighted by molar-refractivity contribution is 5.94. The average molecular weight is 568 g/mol. The molecule has 42 heavy (non-hydrogen) atoms. The fourth-order valence-electron chi connectivity index (χ4n) is 5.68. The number of carbonyl (C=O) groups excluding carboxylic acids is 1. The number of carbonyl (C=O) groups is 1. The summed E-state index contributed by atoms with van der Waals surface area (Å²) in [4.78, 5) is 20.2. The van der Waals surface area contributed by atoms with Crippen LogP contribution in [-0.2, 0) is 19.8 Å². The molecule has 2 heterocycles. The number of halogens is 2. The quantitative estimate of drug-likeness (QED) is 0.234. The molecule has 1 aromatic heterocycles. The minimum Gasteiger partial charge on any atom is -0.489 e. The third-order valence-electron chi connectivity index (χ3n) is 7.82. The summed E-state index contributed by atoms with van der Waals surface area (Å²) in [5.74, 6) is 0.853. The molecular formula is C34H31F2N3O3. The molecule has 0 saturated carbocycles. The fourth-order valence-corrected chi connectivity index (χ4v) is 5.68. The van der Waals surface area contributed by atoms with Crippen LogP contribution >= 0.6 is 0 Å². The molecule has 0 bridgehead atoms. The van der Waals surface area contributed by atoms with Crippen LogP contribution in [0.4, 0.5) is 8.78 Å². The molecule has 0 atom stereocenters. The largest absolute Gasteiger partial charge is 0.489 e. The number of fused-ring (bicyclic) bond motifs is 1. The Bertz CT molecular complexity index is 1730. The van der Waals surface area contributed by atoms with Crippen molar-refractivity contribution in [2.45, 2.75) is 38.5 Å². The van der Waals surface area contributed by atoms with Gasteiger partial charge in [-0.15, -0.1) is 0 Å². The van der Waals surface area contributed by atoms with E-state index >= 15 is 0 Å². The Morgan fingerprint density at radius 1 is 0.881 bits per heavy atom. The lowest BCUT2D eigenvalue weighted by Crippen LogP contribution is -2.38. The number of hydrogen-bond donors (Lipinski definition) is 1. The summed E-state index contributed by atoms with van der Waals surface area (Å²) >= 11 is 0. The highest BCUT2D eigenvalue weighted by atomic mass is 19.1. The zero-order valence-corrected chi connectivity index (χ0v) is 23.0. The third kappa shape index (κ3) is 5.90. The number of hydrogen-bond acceptors (Lipinski definition) is 4. The van der Waals surface area contributed by atoms with E-state index in [1.165, 1.54) is 18.2 Å². The molecule has 0 spiro atoms. The zero-order valence-electron chi connectivity index (χ0n) is 23.0. The van der Waals surface area contributed by atoms with Gasteiger partial charge in [0.1, 0.15) is 29.8 Å². The van der Waals surface area contributed by atoms with Gasteiger partial charge in [0.15, 0.2) is 0 Å². The van der Waals surface area contributed by atoms with E-state index < -0.39 is 0 Å². The van der Waals surface area contributed by atoms with Crippen molar-refractivity contribution in [1.29, 1.82) is 0 Å². The minimum atomic E-state index is -0.341. The Balaban J connectivity index is 1.15. The average Bonchev–Trinajstić information content (AvgIpc) is 3.38. The number of piperidine rings is 1. The van der Waals surface area contributed by atoms with Crippen molar-refractivity contribution in [2.24, 2.45) is 0 Å². The SMILES string of the molecule is O=C(c1ccc(OCc2cccc(F)c2)c(CO)c1)N1CCC(c2nc3ccccc3n2Cc2cccc(F)c2)CC1. The first-order chi connectivity index (χ1) is 20.5. The number of imidazole rings is 1. The van der Waals surface area contributed by atoms with Crippen LogP contribution in [0, 0.1) is 11.6 Å². The summed E-state index contributed by atoms with van der Waals surface area (Å²) in [5, 5.41) is 9.95. The second-order valence-electron chi connectivity index (χ2n) is 10.6. The van der Waals surface area contributed by atoms with Gasteiger partial charge < -0.3 is 19.3 Å². The molecule has 6 nitrogen and oxygen atoms in total. The normalized spacial score (nSPS) is 13.9. The van der Waals surface area contributed by atoms with Crippen LogP contribution in [0.3, 0.4) is 0 Å². The number of ether oxygens (including phenoxy) is 1. The van der Waals surface area contributed by atoms with E-state index in [4.69, 9.17) is 9.72 Å². The lowest BCUT2D eigenvalue weighted by atomic mass is 9.95. The van der Waals surface area contributed by atoms with Crippen LogP contribution in [0.5, 0.6) is 5.75 Å². The van der Waals surface area contributed by atoms with Crippen LogP contribution < -0.4 is 4.74 Å². The molecule has 6 rings (SSSR count). The van der Waals surface area contributed by atoms with Crippen LogP contribution in [0.25, 0.3) is 11.0 Å². The number of aromatic nitrogens is 2. The van der Waals surface area contributed by atoms with E-state index in [0.717, 1.165) is 35.3 Å². The Morgan fingerprint density at radius 2 is 1.60 bits per heavy atom. The molecule has 8 heteroatoms. The zero-order chi connectivity index (χ0) is 29.1. The fraction of sp³-hybridized carbons (Fsp3) is 0.235. The predicted octanol–water partition coefficient (Wildman–Crippen LogP) is 6.45. The molecule has 0 radical (unpaired) electrons. The van der Waals surface area contributed by atoms with Crippen molar-refractivity contribution in [1.82, 2.24) is 14.5 Å². The number of likely N-dealkylation sites (tertiary alicyclic amines) is 1. The highest BCUT2D eigenvalue weighted by Crippen LogP contribution is 2.32. The second-order valence-corrected chi connectivity index (χ2v) is 10.6. The van der Waals surface area contributed by atoms with Gasteiger partial charge in [-0.2, -0.15) is 0 Å². The Kier molecular flexibility index (Phi) is 7.97. The first-order valence-corrected chi connectivity index (χ1v) is 14.1. The summed E-state index contributed by atoms with van der Waals surface area (Å²) in [6, 6.07) is 25.8. The summed E-state index contributed by atoms with van der Waals surface area (Å²) in [6.45, 7) is 1.51. The van der Waals surface area contributed by atoms with E-state index in [9.17, 15) is 18.7 Å². The summed E-state index contributed by atoms with van der Waals surface area (Å²) in [7, 11) is 0. The third-order valence-corrected chi connectivity index (χ3v) is 7.82. The molecule has 1 N–H and O–H groups in total. The molecular weight excluding hydrogens is 536 g/mol. The van der Waals surface area contributed by atoms with Crippen molar-refractivity contribution in [3.05, 3.63) is 131 Å². The van der Waals surface area contributed by atoms with Gasteiger partial charge in [-0.25, -0.2) is 13.8 Å². The van der Waals surface area contributed by atoms with Gasteiger partial charge in [0.2, 0.25) is 0 Å². The maximum absolute atomic E-state index is 13.9. The molecule has 1 saturated heterocycles. The van der Waals surface area contributed by atoms with Gasteiger partial charge >= 0.3 is 0 Å². The van der Waals surface area contributed by atoms with Gasteiger partial charge in [0.25, 0.3) is 5.91 Å². The lowest BCUT2D eigenvalue weighted by Gasteiger charge is -2.32. The molecule has 4 aromatic carbocycles.